The van der Waals surface area contributed by atoms with Gasteiger partial charge >= 0.3 is 0 Å². The topological polar surface area (TPSA) is 53.9 Å². The molecule has 0 saturated heterocycles. The molecule has 0 fully saturated rings. The highest BCUT2D eigenvalue weighted by Gasteiger charge is 2.03. The fraction of sp³-hybridized carbons (Fsp3) is 0.333. The summed E-state index contributed by atoms with van der Waals surface area (Å²) in [6.07, 6.45) is 1.63. The summed E-state index contributed by atoms with van der Waals surface area (Å²) in [5.74, 6) is 0.397. The summed E-state index contributed by atoms with van der Waals surface area (Å²) in [5, 5.41) is 3.99. The van der Waals surface area contributed by atoms with Crippen LogP contribution >= 0.6 is 0 Å². The molecule has 0 spiro atoms. The van der Waals surface area contributed by atoms with E-state index in [1.807, 2.05) is 38.1 Å². The molecule has 5 nitrogen and oxygen atoms in total. The van der Waals surface area contributed by atoms with E-state index in [-0.39, 0.29) is 12.5 Å². The van der Waals surface area contributed by atoms with Gasteiger partial charge in [0.25, 0.3) is 5.91 Å². The van der Waals surface area contributed by atoms with E-state index in [9.17, 15) is 4.79 Å². The summed E-state index contributed by atoms with van der Waals surface area (Å²) in [6.45, 7) is 10.1. The van der Waals surface area contributed by atoms with Crippen molar-refractivity contribution >= 4 is 17.8 Å². The molecule has 2 aromatic carbocycles. The van der Waals surface area contributed by atoms with Gasteiger partial charge in [-0.05, 0) is 68.7 Å². The molecule has 2 rings (SSSR count). The van der Waals surface area contributed by atoms with Crippen molar-refractivity contribution in [2.24, 2.45) is 5.10 Å². The number of amides is 1. The largest absolute Gasteiger partial charge is 0.484 e. The van der Waals surface area contributed by atoms with Gasteiger partial charge in [-0.1, -0.05) is 18.2 Å². The molecule has 1 N–H and O–H groups in total. The molecule has 138 valence electrons. The molecule has 0 radical (unpaired) electrons. The Kier molecular flexibility index (Phi) is 7.21. The Morgan fingerprint density at radius 1 is 1.08 bits per heavy atom. The zero-order valence-corrected chi connectivity index (χ0v) is 16.0. The Balaban J connectivity index is 1.82. The molecule has 2 aromatic rings. The number of anilines is 1. The first-order chi connectivity index (χ1) is 12.5. The Labute approximate surface area is 155 Å². The van der Waals surface area contributed by atoms with Crippen LogP contribution in [0, 0.1) is 13.8 Å². The van der Waals surface area contributed by atoms with Crippen LogP contribution in [0.3, 0.4) is 0 Å². The van der Waals surface area contributed by atoms with Crippen LogP contribution in [0.1, 0.15) is 30.5 Å². The lowest BCUT2D eigenvalue weighted by atomic mass is 10.1. The molecule has 0 aliphatic heterocycles. The van der Waals surface area contributed by atoms with E-state index in [0.29, 0.717) is 5.75 Å². The van der Waals surface area contributed by atoms with Gasteiger partial charge in [0.15, 0.2) is 6.61 Å². The Morgan fingerprint density at radius 3 is 2.27 bits per heavy atom. The van der Waals surface area contributed by atoms with Gasteiger partial charge in [0.05, 0.1) is 6.21 Å². The fourth-order valence-corrected chi connectivity index (χ4v) is 2.74. The monoisotopic (exact) mass is 353 g/mol. The predicted molar refractivity (Wildman–Crippen MR) is 107 cm³/mol. The highest BCUT2D eigenvalue weighted by molar-refractivity contribution is 5.83. The van der Waals surface area contributed by atoms with Gasteiger partial charge in [-0.2, -0.15) is 5.10 Å². The minimum atomic E-state index is -0.292. The van der Waals surface area contributed by atoms with E-state index < -0.39 is 0 Å². The van der Waals surface area contributed by atoms with Crippen molar-refractivity contribution in [1.82, 2.24) is 5.43 Å². The van der Waals surface area contributed by atoms with E-state index in [4.69, 9.17) is 4.74 Å². The second-order valence-corrected chi connectivity index (χ2v) is 6.17. The Hall–Kier alpha value is -2.82. The van der Waals surface area contributed by atoms with Crippen LogP contribution in [0.25, 0.3) is 0 Å². The summed E-state index contributed by atoms with van der Waals surface area (Å²) in [4.78, 5) is 14.1. The summed E-state index contributed by atoms with van der Waals surface area (Å²) in [7, 11) is 0. The molecule has 0 saturated carbocycles. The number of hydrazone groups is 1. The Bertz CT molecular complexity index is 730. The quantitative estimate of drug-likeness (QED) is 0.582. The molecule has 0 atom stereocenters. The van der Waals surface area contributed by atoms with Crippen LogP contribution in [-0.2, 0) is 4.79 Å². The number of nitrogens with one attached hydrogen (secondary N) is 1. The van der Waals surface area contributed by atoms with E-state index in [2.05, 4.69) is 47.5 Å². The molecule has 0 bridgehead atoms. The molecule has 0 unspecified atom stereocenters. The zero-order chi connectivity index (χ0) is 18.9. The minimum absolute atomic E-state index is 0.0683. The number of benzene rings is 2. The standard InChI is InChI=1S/C21H27N3O2/c1-5-24(6-2)19-9-7-18(8-10-19)14-22-23-21(25)15-26-20-12-16(3)11-17(4)13-20/h7-14H,5-6,15H2,1-4H3,(H,23,25)/b22-14-. The number of carbonyl (C=O) groups is 1. The number of hydrogen-bond acceptors (Lipinski definition) is 4. The van der Waals surface area contributed by atoms with Crippen LogP contribution in [0.5, 0.6) is 5.75 Å². The lowest BCUT2D eigenvalue weighted by Crippen LogP contribution is -2.24. The molecule has 1 amide bonds. The third-order valence-corrected chi connectivity index (χ3v) is 3.99. The molecule has 0 heterocycles. The number of aryl methyl sites for hydroxylation is 2. The van der Waals surface area contributed by atoms with Crippen LogP contribution in [0.2, 0.25) is 0 Å². The predicted octanol–water partition coefficient (Wildman–Crippen LogP) is 3.68. The first-order valence-electron chi connectivity index (χ1n) is 8.89. The maximum Gasteiger partial charge on any atom is 0.277 e. The molecular weight excluding hydrogens is 326 g/mol. The molecular formula is C21H27N3O2. The van der Waals surface area contributed by atoms with Crippen LogP contribution in [0.15, 0.2) is 47.6 Å². The summed E-state index contributed by atoms with van der Waals surface area (Å²) < 4.78 is 5.51. The van der Waals surface area contributed by atoms with Crippen molar-refractivity contribution in [2.75, 3.05) is 24.6 Å². The zero-order valence-electron chi connectivity index (χ0n) is 16.0. The summed E-state index contributed by atoms with van der Waals surface area (Å²) in [5.41, 5.74) is 6.80. The second kappa shape index (κ2) is 9.61. The maximum absolute atomic E-state index is 11.8. The van der Waals surface area contributed by atoms with Crippen molar-refractivity contribution in [3.63, 3.8) is 0 Å². The van der Waals surface area contributed by atoms with E-state index >= 15 is 0 Å². The number of ether oxygens (including phenoxy) is 1. The van der Waals surface area contributed by atoms with Crippen LogP contribution in [0.4, 0.5) is 5.69 Å². The van der Waals surface area contributed by atoms with Crippen molar-refractivity contribution in [3.05, 3.63) is 59.2 Å². The SMILES string of the molecule is CCN(CC)c1ccc(/C=N\NC(=O)COc2cc(C)cc(C)c2)cc1. The van der Waals surface area contributed by atoms with Gasteiger partial charge in [0.2, 0.25) is 0 Å². The first-order valence-corrected chi connectivity index (χ1v) is 8.89. The van der Waals surface area contributed by atoms with Gasteiger partial charge in [0, 0.05) is 18.8 Å². The van der Waals surface area contributed by atoms with Gasteiger partial charge in [-0.15, -0.1) is 0 Å². The van der Waals surface area contributed by atoms with Crippen LogP contribution < -0.4 is 15.1 Å². The number of hydrogen-bond donors (Lipinski definition) is 1. The lowest BCUT2D eigenvalue weighted by Gasteiger charge is -2.20. The average molecular weight is 353 g/mol. The van der Waals surface area contributed by atoms with Gasteiger partial charge in [0.1, 0.15) is 5.75 Å². The lowest BCUT2D eigenvalue weighted by molar-refractivity contribution is -0.123. The molecule has 5 heteroatoms. The van der Waals surface area contributed by atoms with E-state index in [0.717, 1.165) is 29.8 Å². The van der Waals surface area contributed by atoms with Crippen LogP contribution in [-0.4, -0.2) is 31.8 Å². The number of rotatable bonds is 8. The van der Waals surface area contributed by atoms with Crippen molar-refractivity contribution in [1.29, 1.82) is 0 Å². The third-order valence-electron chi connectivity index (χ3n) is 3.99. The number of carbonyl (C=O) groups excluding carboxylic acids is 1. The van der Waals surface area contributed by atoms with Gasteiger partial charge < -0.3 is 9.64 Å². The highest BCUT2D eigenvalue weighted by Crippen LogP contribution is 2.16. The fourth-order valence-electron chi connectivity index (χ4n) is 2.74. The summed E-state index contributed by atoms with van der Waals surface area (Å²) >= 11 is 0. The molecule has 0 aliphatic rings. The second-order valence-electron chi connectivity index (χ2n) is 6.17. The molecule has 0 aliphatic carbocycles. The summed E-state index contributed by atoms with van der Waals surface area (Å²) in [6, 6.07) is 13.9. The smallest absolute Gasteiger partial charge is 0.277 e. The first kappa shape index (κ1) is 19.5. The average Bonchev–Trinajstić information content (AvgIpc) is 2.61. The Morgan fingerprint density at radius 2 is 1.69 bits per heavy atom. The minimum Gasteiger partial charge on any atom is -0.484 e. The highest BCUT2D eigenvalue weighted by atomic mass is 16.5. The van der Waals surface area contributed by atoms with Gasteiger partial charge in [-0.25, -0.2) is 5.43 Å². The van der Waals surface area contributed by atoms with Crippen molar-refractivity contribution in [2.45, 2.75) is 27.7 Å². The third kappa shape index (κ3) is 5.92. The van der Waals surface area contributed by atoms with Crippen molar-refractivity contribution < 1.29 is 9.53 Å². The van der Waals surface area contributed by atoms with Gasteiger partial charge in [-0.3, -0.25) is 4.79 Å². The van der Waals surface area contributed by atoms with E-state index in [1.165, 1.54) is 5.69 Å². The number of nitrogens with zero attached hydrogens (tertiary/aromatic N) is 2. The molecule has 0 aromatic heterocycles. The van der Waals surface area contributed by atoms with E-state index in [1.54, 1.807) is 6.21 Å². The normalized spacial score (nSPS) is 10.8. The maximum atomic E-state index is 11.8. The molecule has 26 heavy (non-hydrogen) atoms. The van der Waals surface area contributed by atoms with Crippen molar-refractivity contribution in [3.8, 4) is 5.75 Å².